The number of aryl methyl sites for hydroxylation is 2. The van der Waals surface area contributed by atoms with Gasteiger partial charge < -0.3 is 20.5 Å². The number of carboxylic acids is 1. The third-order valence-corrected chi connectivity index (χ3v) is 6.74. The van der Waals surface area contributed by atoms with Gasteiger partial charge in [0.1, 0.15) is 11.9 Å². The predicted octanol–water partition coefficient (Wildman–Crippen LogP) is 4.21. The lowest BCUT2D eigenvalue weighted by molar-refractivity contribution is -0.138. The summed E-state index contributed by atoms with van der Waals surface area (Å²) < 4.78 is 5.96. The van der Waals surface area contributed by atoms with Crippen LogP contribution in [0.1, 0.15) is 69.8 Å². The van der Waals surface area contributed by atoms with Crippen LogP contribution in [0.15, 0.2) is 24.4 Å². The zero-order valence-electron chi connectivity index (χ0n) is 20.5. The van der Waals surface area contributed by atoms with E-state index in [9.17, 15) is 9.90 Å². The number of hydrogen-bond donors (Lipinski definition) is 3. The number of nitrogens with zero attached hydrogens (tertiary/aromatic N) is 3. The molecule has 184 valence electrons. The molecule has 2 aromatic heterocycles. The van der Waals surface area contributed by atoms with Gasteiger partial charge in [0.05, 0.1) is 11.8 Å². The monoisotopic (exact) mass is 467 g/mol. The Bertz CT molecular complexity index is 985. The lowest BCUT2D eigenvalue weighted by Gasteiger charge is -2.35. The number of aliphatic carboxylic acids is 1. The first-order valence-electron chi connectivity index (χ1n) is 12.4. The summed E-state index contributed by atoms with van der Waals surface area (Å²) in [5.74, 6) is 1.13. The number of rotatable bonds is 10. The average molecular weight is 468 g/mol. The Kier molecular flexibility index (Phi) is 7.66. The molecule has 1 fully saturated rings. The van der Waals surface area contributed by atoms with E-state index in [4.69, 9.17) is 9.72 Å². The number of ether oxygens (including phenoxy) is 1. The smallest absolute Gasteiger partial charge is 0.326 e. The largest absolute Gasteiger partial charge is 0.480 e. The molecule has 1 aliphatic heterocycles. The van der Waals surface area contributed by atoms with Crippen LogP contribution in [-0.2, 0) is 27.8 Å². The fraction of sp³-hybridized carbons (Fsp3) is 0.615. The van der Waals surface area contributed by atoms with E-state index in [-0.39, 0.29) is 11.5 Å². The standard InChI is InChI=1S/C26H37N5O3/c1-26(2,3)22-10-13-28-25(31-22)30-21(24(32)33)11-14-34-20-15-17(16-20)6-8-19-9-7-18-5-4-12-27-23(18)29-19/h7,9-10,13,17,20-21H,4-6,8,11-12,14-16H2,1-3H3,(H,27,29)(H,32,33)(H,28,30,31)/t17-,20-,21?. The number of carboxylic acid groups (broad SMARTS) is 1. The van der Waals surface area contributed by atoms with Crippen molar-refractivity contribution in [2.75, 3.05) is 23.8 Å². The van der Waals surface area contributed by atoms with Crippen molar-refractivity contribution in [2.24, 2.45) is 5.92 Å². The van der Waals surface area contributed by atoms with Gasteiger partial charge in [-0.15, -0.1) is 0 Å². The molecule has 0 spiro atoms. The van der Waals surface area contributed by atoms with E-state index in [1.165, 1.54) is 12.0 Å². The summed E-state index contributed by atoms with van der Waals surface area (Å²) in [4.78, 5) is 25.2. The number of nitrogens with one attached hydrogen (secondary N) is 2. The molecule has 2 aliphatic rings. The van der Waals surface area contributed by atoms with Crippen molar-refractivity contribution in [3.05, 3.63) is 41.3 Å². The topological polar surface area (TPSA) is 109 Å². The fourth-order valence-electron chi connectivity index (χ4n) is 4.52. The highest BCUT2D eigenvalue weighted by Gasteiger charge is 2.30. The van der Waals surface area contributed by atoms with Crippen LogP contribution in [0.2, 0.25) is 0 Å². The van der Waals surface area contributed by atoms with Crippen molar-refractivity contribution >= 4 is 17.7 Å². The van der Waals surface area contributed by atoms with Crippen LogP contribution in [-0.4, -0.2) is 51.3 Å². The van der Waals surface area contributed by atoms with Crippen LogP contribution in [0.4, 0.5) is 11.8 Å². The quantitative estimate of drug-likeness (QED) is 0.477. The number of aromatic nitrogens is 3. The summed E-state index contributed by atoms with van der Waals surface area (Å²) in [5, 5.41) is 16.0. The van der Waals surface area contributed by atoms with Crippen LogP contribution in [0, 0.1) is 5.92 Å². The maximum atomic E-state index is 11.7. The molecule has 0 saturated heterocycles. The summed E-state index contributed by atoms with van der Waals surface area (Å²) in [6.07, 6.45) is 8.72. The molecular weight excluding hydrogens is 430 g/mol. The van der Waals surface area contributed by atoms with Crippen molar-refractivity contribution in [1.82, 2.24) is 15.0 Å². The average Bonchev–Trinajstić information content (AvgIpc) is 2.78. The fourth-order valence-corrected chi connectivity index (χ4v) is 4.52. The highest BCUT2D eigenvalue weighted by atomic mass is 16.5. The SMILES string of the molecule is CC(C)(C)c1ccnc(NC(CCO[C@H]2C[C@H](CCc3ccc4c(n3)NCCC4)C2)C(=O)O)n1. The molecule has 0 bridgehead atoms. The molecule has 1 atom stereocenters. The van der Waals surface area contributed by atoms with Crippen molar-refractivity contribution in [1.29, 1.82) is 0 Å². The normalized spacial score (nSPS) is 20.6. The van der Waals surface area contributed by atoms with E-state index in [2.05, 4.69) is 53.5 Å². The summed E-state index contributed by atoms with van der Waals surface area (Å²) >= 11 is 0. The van der Waals surface area contributed by atoms with E-state index < -0.39 is 12.0 Å². The van der Waals surface area contributed by atoms with Gasteiger partial charge in [-0.25, -0.2) is 19.7 Å². The van der Waals surface area contributed by atoms with E-state index in [1.54, 1.807) is 6.20 Å². The lowest BCUT2D eigenvalue weighted by Crippen LogP contribution is -2.35. The van der Waals surface area contributed by atoms with Gasteiger partial charge in [0.15, 0.2) is 0 Å². The van der Waals surface area contributed by atoms with Gasteiger partial charge >= 0.3 is 5.97 Å². The molecule has 2 aromatic rings. The Hall–Kier alpha value is -2.74. The molecule has 3 heterocycles. The van der Waals surface area contributed by atoms with Gasteiger partial charge in [-0.1, -0.05) is 26.8 Å². The summed E-state index contributed by atoms with van der Waals surface area (Å²) in [6, 6.07) is 5.46. The molecule has 3 N–H and O–H groups in total. The Morgan fingerprint density at radius 1 is 1.26 bits per heavy atom. The minimum atomic E-state index is -0.924. The van der Waals surface area contributed by atoms with Gasteiger partial charge in [-0.2, -0.15) is 0 Å². The predicted molar refractivity (Wildman–Crippen MR) is 132 cm³/mol. The molecule has 0 radical (unpaired) electrons. The second-order valence-electron chi connectivity index (χ2n) is 10.5. The van der Waals surface area contributed by atoms with Gasteiger partial charge in [0, 0.05) is 36.9 Å². The highest BCUT2D eigenvalue weighted by Crippen LogP contribution is 2.34. The van der Waals surface area contributed by atoms with Crippen LogP contribution in [0.5, 0.6) is 0 Å². The van der Waals surface area contributed by atoms with Gasteiger partial charge in [0.25, 0.3) is 0 Å². The summed E-state index contributed by atoms with van der Waals surface area (Å²) in [7, 11) is 0. The first-order chi connectivity index (χ1) is 16.3. The maximum absolute atomic E-state index is 11.7. The third kappa shape index (κ3) is 6.44. The summed E-state index contributed by atoms with van der Waals surface area (Å²) in [6.45, 7) is 7.61. The Morgan fingerprint density at radius 2 is 2.09 bits per heavy atom. The number of pyridine rings is 1. The van der Waals surface area contributed by atoms with E-state index in [0.29, 0.717) is 24.9 Å². The zero-order chi connectivity index (χ0) is 24.1. The molecule has 8 heteroatoms. The first-order valence-corrected chi connectivity index (χ1v) is 12.4. The number of anilines is 2. The molecule has 0 amide bonds. The summed E-state index contributed by atoms with van der Waals surface area (Å²) in [5.41, 5.74) is 3.22. The molecule has 0 aromatic carbocycles. The minimum Gasteiger partial charge on any atom is -0.480 e. The number of hydrogen-bond acceptors (Lipinski definition) is 7. The van der Waals surface area contributed by atoms with E-state index >= 15 is 0 Å². The van der Waals surface area contributed by atoms with Crippen LogP contribution in [0.3, 0.4) is 0 Å². The zero-order valence-corrected chi connectivity index (χ0v) is 20.5. The molecule has 1 saturated carbocycles. The highest BCUT2D eigenvalue weighted by molar-refractivity contribution is 5.76. The number of fused-ring (bicyclic) bond motifs is 1. The molecule has 1 aliphatic carbocycles. The van der Waals surface area contributed by atoms with Crippen molar-refractivity contribution in [3.8, 4) is 0 Å². The van der Waals surface area contributed by atoms with Gasteiger partial charge in [-0.3, -0.25) is 0 Å². The molecule has 34 heavy (non-hydrogen) atoms. The number of carbonyl (C=O) groups is 1. The Balaban J connectivity index is 1.16. The molecule has 4 rings (SSSR count). The van der Waals surface area contributed by atoms with Gasteiger partial charge in [0.2, 0.25) is 5.95 Å². The maximum Gasteiger partial charge on any atom is 0.326 e. The second-order valence-corrected chi connectivity index (χ2v) is 10.5. The Morgan fingerprint density at radius 3 is 2.85 bits per heavy atom. The van der Waals surface area contributed by atoms with Crippen molar-refractivity contribution < 1.29 is 14.6 Å². The van der Waals surface area contributed by atoms with Crippen LogP contribution >= 0.6 is 0 Å². The van der Waals surface area contributed by atoms with E-state index in [0.717, 1.165) is 55.9 Å². The van der Waals surface area contributed by atoms with Crippen molar-refractivity contribution in [3.63, 3.8) is 0 Å². The minimum absolute atomic E-state index is 0.130. The molecule has 8 nitrogen and oxygen atoms in total. The molecule has 1 unspecified atom stereocenters. The van der Waals surface area contributed by atoms with Gasteiger partial charge in [-0.05, 0) is 62.1 Å². The van der Waals surface area contributed by atoms with Crippen LogP contribution in [0.25, 0.3) is 0 Å². The lowest BCUT2D eigenvalue weighted by atomic mass is 9.79. The third-order valence-electron chi connectivity index (χ3n) is 6.74. The van der Waals surface area contributed by atoms with E-state index in [1.807, 2.05) is 6.07 Å². The Labute approximate surface area is 202 Å². The van der Waals surface area contributed by atoms with Crippen LogP contribution < -0.4 is 10.6 Å². The molecular formula is C26H37N5O3. The second kappa shape index (κ2) is 10.7. The first kappa shape index (κ1) is 24.4. The van der Waals surface area contributed by atoms with Crippen molar-refractivity contribution in [2.45, 2.75) is 83.3 Å².